The van der Waals surface area contributed by atoms with Gasteiger partial charge < -0.3 is 5.32 Å². The number of anilines is 1. The Labute approximate surface area is 86.2 Å². The average molecular weight is 205 g/mol. The summed E-state index contributed by atoms with van der Waals surface area (Å²) in [5, 5.41) is 6.34. The summed E-state index contributed by atoms with van der Waals surface area (Å²) in [4.78, 5) is 10.2. The van der Waals surface area contributed by atoms with Gasteiger partial charge in [-0.1, -0.05) is 0 Å². The van der Waals surface area contributed by atoms with E-state index >= 15 is 0 Å². The van der Waals surface area contributed by atoms with Crippen molar-refractivity contribution in [2.45, 2.75) is 18.8 Å². The molecule has 0 aromatic carbocycles. The van der Waals surface area contributed by atoms with Gasteiger partial charge in [-0.05, 0) is 24.3 Å². The van der Waals surface area contributed by atoms with Gasteiger partial charge in [0.05, 0.1) is 5.39 Å². The van der Waals surface area contributed by atoms with Crippen LogP contribution >= 0.6 is 11.3 Å². The van der Waals surface area contributed by atoms with Gasteiger partial charge in [0.2, 0.25) is 0 Å². The van der Waals surface area contributed by atoms with Crippen molar-refractivity contribution < 1.29 is 0 Å². The first-order valence-corrected chi connectivity index (χ1v) is 5.69. The van der Waals surface area contributed by atoms with Crippen molar-refractivity contribution in [2.24, 2.45) is 0 Å². The molecule has 72 valence electrons. The molecule has 2 heterocycles. The maximum absolute atomic E-state index is 4.57. The Hall–Kier alpha value is -1.16. The van der Waals surface area contributed by atoms with Gasteiger partial charge in [-0.25, -0.2) is 9.97 Å². The smallest absolute Gasteiger partial charge is 0.138 e. The van der Waals surface area contributed by atoms with Gasteiger partial charge in [0.25, 0.3) is 0 Å². The van der Waals surface area contributed by atoms with Crippen LogP contribution in [0.25, 0.3) is 10.2 Å². The van der Waals surface area contributed by atoms with Gasteiger partial charge in [0.1, 0.15) is 16.5 Å². The minimum Gasteiger partial charge on any atom is -0.372 e. The van der Waals surface area contributed by atoms with Crippen molar-refractivity contribution in [1.29, 1.82) is 0 Å². The zero-order valence-electron chi connectivity index (χ0n) is 7.95. The van der Waals surface area contributed by atoms with E-state index in [1.54, 1.807) is 11.3 Å². The third-order valence-corrected chi connectivity index (χ3v) is 3.33. The Bertz CT molecular complexity index is 473. The van der Waals surface area contributed by atoms with Gasteiger partial charge in [0.15, 0.2) is 0 Å². The maximum atomic E-state index is 4.57. The van der Waals surface area contributed by atoms with E-state index < -0.39 is 0 Å². The molecule has 1 fully saturated rings. The molecule has 0 spiro atoms. The summed E-state index contributed by atoms with van der Waals surface area (Å²) in [6.07, 6.45) is 2.50. The first-order valence-electron chi connectivity index (χ1n) is 4.81. The molecule has 0 unspecified atom stereocenters. The minimum atomic E-state index is 0.619. The Balaban J connectivity index is 2.23. The van der Waals surface area contributed by atoms with E-state index in [0.717, 1.165) is 21.9 Å². The Morgan fingerprint density at radius 3 is 3.00 bits per heavy atom. The van der Waals surface area contributed by atoms with E-state index in [4.69, 9.17) is 0 Å². The molecular formula is C10H11N3S. The highest BCUT2D eigenvalue weighted by Gasteiger charge is 2.27. The van der Waals surface area contributed by atoms with Crippen LogP contribution in [-0.4, -0.2) is 17.0 Å². The number of thiophene rings is 1. The lowest BCUT2D eigenvalue weighted by molar-refractivity contribution is 0.952. The van der Waals surface area contributed by atoms with E-state index in [9.17, 15) is 0 Å². The highest BCUT2D eigenvalue weighted by Crippen LogP contribution is 2.39. The average Bonchev–Trinajstić information content (AvgIpc) is 2.95. The third kappa shape index (κ3) is 1.18. The largest absolute Gasteiger partial charge is 0.372 e. The van der Waals surface area contributed by atoms with Gasteiger partial charge in [-0.15, -0.1) is 11.3 Å². The molecule has 0 saturated heterocycles. The van der Waals surface area contributed by atoms with Gasteiger partial charge in [-0.2, -0.15) is 0 Å². The van der Waals surface area contributed by atoms with Gasteiger partial charge >= 0.3 is 0 Å². The highest BCUT2D eigenvalue weighted by atomic mass is 32.1. The van der Waals surface area contributed by atoms with Crippen LogP contribution < -0.4 is 5.32 Å². The number of hydrogen-bond acceptors (Lipinski definition) is 4. The highest BCUT2D eigenvalue weighted by molar-refractivity contribution is 7.16. The summed E-state index contributed by atoms with van der Waals surface area (Å²) < 4.78 is 0. The molecule has 1 aliphatic rings. The van der Waals surface area contributed by atoms with E-state index in [2.05, 4.69) is 26.7 Å². The zero-order chi connectivity index (χ0) is 9.54. The van der Waals surface area contributed by atoms with Crippen molar-refractivity contribution in [3.63, 3.8) is 0 Å². The fourth-order valence-electron chi connectivity index (χ4n) is 1.59. The van der Waals surface area contributed by atoms with E-state index in [-0.39, 0.29) is 0 Å². The predicted octanol–water partition coefficient (Wildman–Crippen LogP) is 2.61. The number of nitrogens with zero attached hydrogens (tertiary/aromatic N) is 2. The quantitative estimate of drug-likeness (QED) is 0.819. The van der Waals surface area contributed by atoms with E-state index in [0.29, 0.717) is 5.92 Å². The summed E-state index contributed by atoms with van der Waals surface area (Å²) in [5.41, 5.74) is 0. The molecule has 2 aromatic rings. The molecule has 2 aromatic heterocycles. The molecule has 3 rings (SSSR count). The Morgan fingerprint density at radius 1 is 1.43 bits per heavy atom. The van der Waals surface area contributed by atoms with Crippen molar-refractivity contribution in [2.75, 3.05) is 12.4 Å². The molecular weight excluding hydrogens is 194 g/mol. The van der Waals surface area contributed by atoms with Crippen LogP contribution in [0.5, 0.6) is 0 Å². The molecule has 1 aliphatic carbocycles. The fourth-order valence-corrected chi connectivity index (χ4v) is 2.36. The molecule has 3 nitrogen and oxygen atoms in total. The van der Waals surface area contributed by atoms with Crippen LogP contribution in [0.15, 0.2) is 11.4 Å². The van der Waals surface area contributed by atoms with Crippen LogP contribution in [0.4, 0.5) is 5.82 Å². The number of nitrogens with one attached hydrogen (secondary N) is 1. The third-order valence-electron chi connectivity index (χ3n) is 2.52. The van der Waals surface area contributed by atoms with Crippen molar-refractivity contribution in [3.8, 4) is 0 Å². The van der Waals surface area contributed by atoms with Crippen LogP contribution in [0, 0.1) is 0 Å². The van der Waals surface area contributed by atoms with Crippen LogP contribution in [-0.2, 0) is 0 Å². The minimum absolute atomic E-state index is 0.619. The molecule has 0 aliphatic heterocycles. The molecule has 0 bridgehead atoms. The topological polar surface area (TPSA) is 37.8 Å². The lowest BCUT2D eigenvalue weighted by Gasteiger charge is -2.03. The van der Waals surface area contributed by atoms with Crippen LogP contribution in [0.2, 0.25) is 0 Å². The molecule has 0 atom stereocenters. The fraction of sp³-hybridized carbons (Fsp3) is 0.400. The normalized spacial score (nSPS) is 16.1. The lowest BCUT2D eigenvalue weighted by Crippen LogP contribution is -1.98. The van der Waals surface area contributed by atoms with Crippen molar-refractivity contribution in [1.82, 2.24) is 9.97 Å². The van der Waals surface area contributed by atoms with E-state index in [1.807, 2.05) is 7.05 Å². The molecule has 0 radical (unpaired) electrons. The predicted molar refractivity (Wildman–Crippen MR) is 58.9 cm³/mol. The van der Waals surface area contributed by atoms with Gasteiger partial charge in [-0.3, -0.25) is 0 Å². The van der Waals surface area contributed by atoms with E-state index in [1.165, 1.54) is 12.8 Å². The van der Waals surface area contributed by atoms with Crippen LogP contribution in [0.1, 0.15) is 24.6 Å². The maximum Gasteiger partial charge on any atom is 0.138 e. The lowest BCUT2D eigenvalue weighted by atomic mass is 10.3. The Kier molecular flexibility index (Phi) is 1.70. The number of hydrogen-bond donors (Lipinski definition) is 1. The second kappa shape index (κ2) is 2.92. The molecule has 14 heavy (non-hydrogen) atoms. The summed E-state index contributed by atoms with van der Waals surface area (Å²) >= 11 is 1.69. The Morgan fingerprint density at radius 2 is 2.29 bits per heavy atom. The van der Waals surface area contributed by atoms with Crippen molar-refractivity contribution in [3.05, 3.63) is 17.3 Å². The monoisotopic (exact) mass is 205 g/mol. The number of aromatic nitrogens is 2. The molecule has 0 amide bonds. The first-order chi connectivity index (χ1) is 6.88. The molecule has 1 saturated carbocycles. The molecule has 4 heteroatoms. The zero-order valence-corrected chi connectivity index (χ0v) is 8.77. The summed E-state index contributed by atoms with van der Waals surface area (Å²) in [5.74, 6) is 2.61. The number of rotatable bonds is 2. The second-order valence-electron chi connectivity index (χ2n) is 3.59. The van der Waals surface area contributed by atoms with Crippen molar-refractivity contribution >= 4 is 27.4 Å². The SMILES string of the molecule is CNc1nc(C2CC2)nc2sccc12. The summed E-state index contributed by atoms with van der Waals surface area (Å²) in [6, 6.07) is 2.07. The second-order valence-corrected chi connectivity index (χ2v) is 4.49. The summed E-state index contributed by atoms with van der Waals surface area (Å²) in [7, 11) is 1.91. The van der Waals surface area contributed by atoms with Crippen LogP contribution in [0.3, 0.4) is 0 Å². The number of fused-ring (bicyclic) bond motifs is 1. The van der Waals surface area contributed by atoms with Gasteiger partial charge in [0, 0.05) is 13.0 Å². The first kappa shape index (κ1) is 8.17. The molecule has 1 N–H and O–H groups in total. The standard InChI is InChI=1S/C10H11N3S/c1-11-9-7-4-5-14-10(7)13-8(12-9)6-2-3-6/h4-6H,2-3H2,1H3,(H,11,12,13). The summed E-state index contributed by atoms with van der Waals surface area (Å²) in [6.45, 7) is 0.